The summed E-state index contributed by atoms with van der Waals surface area (Å²) in [4.78, 5) is 39.9. The number of esters is 2. The third-order valence-corrected chi connectivity index (χ3v) is 4.39. The van der Waals surface area contributed by atoms with Crippen LogP contribution in [-0.2, 0) is 9.47 Å². The molecule has 0 aliphatic carbocycles. The maximum atomic E-state index is 12.7. The van der Waals surface area contributed by atoms with Gasteiger partial charge < -0.3 is 20.2 Å². The highest BCUT2D eigenvalue weighted by atomic mass is 35.5. The standard InChI is InChI=1S/C19H21ClN2O5/c1-5-26-19(25)15-9(2)16(22-10(15)3)17(23)11(4)27-18(24)12-6-7-13(20)14(21)8-12/h6-8,11,22H,5,21H2,1-4H3/t11-/m0/s1. The molecule has 7 nitrogen and oxygen atoms in total. The van der Waals surface area contributed by atoms with Gasteiger partial charge in [-0.05, 0) is 51.5 Å². The Morgan fingerprint density at radius 3 is 2.48 bits per heavy atom. The summed E-state index contributed by atoms with van der Waals surface area (Å²) < 4.78 is 10.2. The normalized spacial score (nSPS) is 11.7. The van der Waals surface area contributed by atoms with Gasteiger partial charge >= 0.3 is 11.9 Å². The Hall–Kier alpha value is -2.80. The number of nitrogen functional groups attached to an aromatic ring is 1. The van der Waals surface area contributed by atoms with Crippen molar-refractivity contribution in [1.29, 1.82) is 0 Å². The molecule has 0 saturated carbocycles. The lowest BCUT2D eigenvalue weighted by molar-refractivity contribution is 0.0316. The van der Waals surface area contributed by atoms with Crippen molar-refractivity contribution >= 4 is 35.0 Å². The summed E-state index contributed by atoms with van der Waals surface area (Å²) in [5, 5.41) is 0.319. The van der Waals surface area contributed by atoms with Crippen molar-refractivity contribution in [2.75, 3.05) is 12.3 Å². The molecule has 0 radical (unpaired) electrons. The van der Waals surface area contributed by atoms with E-state index in [0.717, 1.165) is 0 Å². The Morgan fingerprint density at radius 1 is 1.22 bits per heavy atom. The second-order valence-corrected chi connectivity index (χ2v) is 6.40. The summed E-state index contributed by atoms with van der Waals surface area (Å²) in [7, 11) is 0. The van der Waals surface area contributed by atoms with Crippen LogP contribution in [0.1, 0.15) is 56.3 Å². The number of halogens is 1. The van der Waals surface area contributed by atoms with E-state index >= 15 is 0 Å². The number of aromatic nitrogens is 1. The number of benzene rings is 1. The molecule has 2 aromatic rings. The van der Waals surface area contributed by atoms with Crippen LogP contribution in [0.15, 0.2) is 18.2 Å². The zero-order chi connectivity index (χ0) is 20.3. The fourth-order valence-corrected chi connectivity index (χ4v) is 2.78. The van der Waals surface area contributed by atoms with Gasteiger partial charge in [0.1, 0.15) is 0 Å². The lowest BCUT2D eigenvalue weighted by atomic mass is 10.1. The van der Waals surface area contributed by atoms with Crippen LogP contribution in [0, 0.1) is 13.8 Å². The zero-order valence-corrected chi connectivity index (χ0v) is 16.3. The number of ketones is 1. The number of carbonyl (C=O) groups excluding carboxylic acids is 3. The van der Waals surface area contributed by atoms with Gasteiger partial charge in [-0.25, -0.2) is 9.59 Å². The number of carbonyl (C=O) groups is 3. The quantitative estimate of drug-likeness (QED) is 0.442. The van der Waals surface area contributed by atoms with Crippen molar-refractivity contribution in [3.63, 3.8) is 0 Å². The number of nitrogens with two attached hydrogens (primary N) is 1. The first-order chi connectivity index (χ1) is 12.7. The van der Waals surface area contributed by atoms with Crippen molar-refractivity contribution in [3.05, 3.63) is 51.3 Å². The van der Waals surface area contributed by atoms with Crippen molar-refractivity contribution in [2.45, 2.75) is 33.8 Å². The van der Waals surface area contributed by atoms with E-state index in [-0.39, 0.29) is 23.6 Å². The lowest BCUT2D eigenvalue weighted by Crippen LogP contribution is -2.25. The van der Waals surface area contributed by atoms with E-state index in [9.17, 15) is 14.4 Å². The highest BCUT2D eigenvalue weighted by Gasteiger charge is 2.27. The molecule has 2 rings (SSSR count). The number of aryl methyl sites for hydroxylation is 1. The monoisotopic (exact) mass is 392 g/mol. The minimum absolute atomic E-state index is 0.183. The van der Waals surface area contributed by atoms with E-state index in [4.69, 9.17) is 26.8 Å². The van der Waals surface area contributed by atoms with E-state index < -0.39 is 23.8 Å². The zero-order valence-electron chi connectivity index (χ0n) is 15.5. The topological polar surface area (TPSA) is 111 Å². The summed E-state index contributed by atoms with van der Waals surface area (Å²) >= 11 is 5.83. The van der Waals surface area contributed by atoms with Gasteiger partial charge in [0, 0.05) is 5.69 Å². The molecule has 0 spiro atoms. The molecule has 0 aliphatic heterocycles. The molecule has 1 aromatic carbocycles. The summed E-state index contributed by atoms with van der Waals surface area (Å²) in [6, 6.07) is 4.32. The number of hydrogen-bond acceptors (Lipinski definition) is 6. The molecule has 27 heavy (non-hydrogen) atoms. The van der Waals surface area contributed by atoms with Crippen LogP contribution in [0.5, 0.6) is 0 Å². The van der Waals surface area contributed by atoms with Crippen LogP contribution in [0.25, 0.3) is 0 Å². The van der Waals surface area contributed by atoms with Gasteiger partial charge in [0.05, 0.1) is 34.1 Å². The van der Waals surface area contributed by atoms with Crippen LogP contribution < -0.4 is 5.73 Å². The average molecular weight is 393 g/mol. The number of ether oxygens (including phenoxy) is 2. The SMILES string of the molecule is CCOC(=O)c1c(C)[nH]c(C(=O)[C@H](C)OC(=O)c2ccc(Cl)c(N)c2)c1C. The van der Waals surface area contributed by atoms with Gasteiger partial charge in [-0.15, -0.1) is 0 Å². The van der Waals surface area contributed by atoms with Crippen molar-refractivity contribution in [2.24, 2.45) is 0 Å². The van der Waals surface area contributed by atoms with E-state index in [2.05, 4.69) is 4.98 Å². The van der Waals surface area contributed by atoms with Crippen LogP contribution in [0.3, 0.4) is 0 Å². The Bertz CT molecular complexity index is 904. The third-order valence-electron chi connectivity index (χ3n) is 4.05. The second-order valence-electron chi connectivity index (χ2n) is 5.99. The van der Waals surface area contributed by atoms with Crippen LogP contribution in [0.2, 0.25) is 5.02 Å². The first-order valence-electron chi connectivity index (χ1n) is 8.33. The predicted octanol–water partition coefficient (Wildman–Crippen LogP) is 3.47. The molecule has 0 saturated heterocycles. The first kappa shape index (κ1) is 20.5. The average Bonchev–Trinajstić information content (AvgIpc) is 2.91. The summed E-state index contributed by atoms with van der Waals surface area (Å²) in [6.45, 7) is 6.69. The van der Waals surface area contributed by atoms with E-state index in [1.165, 1.54) is 25.1 Å². The van der Waals surface area contributed by atoms with E-state index in [1.807, 2.05) is 0 Å². The van der Waals surface area contributed by atoms with Gasteiger partial charge in [-0.2, -0.15) is 0 Å². The molecular formula is C19H21ClN2O5. The number of Topliss-reactive ketones (excluding diaryl/α,β-unsaturated/α-hetero) is 1. The smallest absolute Gasteiger partial charge is 0.340 e. The summed E-state index contributed by atoms with van der Waals surface area (Å²) in [5.41, 5.74) is 7.57. The fraction of sp³-hybridized carbons (Fsp3) is 0.316. The highest BCUT2D eigenvalue weighted by Crippen LogP contribution is 2.23. The second kappa shape index (κ2) is 8.26. The summed E-state index contributed by atoms with van der Waals surface area (Å²) in [6.07, 6.45) is -1.07. The molecule has 1 heterocycles. The number of nitrogens with one attached hydrogen (secondary N) is 1. The predicted molar refractivity (Wildman–Crippen MR) is 101 cm³/mol. The number of hydrogen-bond donors (Lipinski definition) is 2. The molecule has 0 unspecified atom stereocenters. The minimum Gasteiger partial charge on any atom is -0.462 e. The molecule has 0 fully saturated rings. The minimum atomic E-state index is -1.07. The lowest BCUT2D eigenvalue weighted by Gasteiger charge is -2.13. The Balaban J connectivity index is 2.20. The Labute approximate surface area is 161 Å². The number of anilines is 1. The molecule has 3 N–H and O–H groups in total. The van der Waals surface area contributed by atoms with E-state index in [0.29, 0.717) is 21.8 Å². The molecular weight excluding hydrogens is 372 g/mol. The number of H-pyrrole nitrogens is 1. The molecule has 8 heteroatoms. The third kappa shape index (κ3) is 4.31. The van der Waals surface area contributed by atoms with Gasteiger partial charge in [-0.3, -0.25) is 4.79 Å². The van der Waals surface area contributed by atoms with Gasteiger partial charge in [0.2, 0.25) is 5.78 Å². The fourth-order valence-electron chi connectivity index (χ4n) is 2.66. The molecule has 144 valence electrons. The first-order valence-corrected chi connectivity index (χ1v) is 8.71. The Kier molecular flexibility index (Phi) is 6.28. The maximum Gasteiger partial charge on any atom is 0.340 e. The number of aromatic amines is 1. The largest absolute Gasteiger partial charge is 0.462 e. The molecule has 0 amide bonds. The molecule has 0 bridgehead atoms. The van der Waals surface area contributed by atoms with Crippen LogP contribution in [-0.4, -0.2) is 35.4 Å². The molecule has 1 atom stereocenters. The number of rotatable bonds is 6. The molecule has 1 aromatic heterocycles. The summed E-state index contributed by atoms with van der Waals surface area (Å²) in [5.74, 6) is -1.67. The van der Waals surface area contributed by atoms with E-state index in [1.54, 1.807) is 20.8 Å². The van der Waals surface area contributed by atoms with Crippen LogP contribution in [0.4, 0.5) is 5.69 Å². The maximum absolute atomic E-state index is 12.7. The van der Waals surface area contributed by atoms with Gasteiger partial charge in [-0.1, -0.05) is 11.6 Å². The van der Waals surface area contributed by atoms with Crippen molar-refractivity contribution in [3.8, 4) is 0 Å². The highest BCUT2D eigenvalue weighted by molar-refractivity contribution is 6.33. The molecule has 0 aliphatic rings. The van der Waals surface area contributed by atoms with Gasteiger partial charge in [0.15, 0.2) is 6.10 Å². The Morgan fingerprint density at radius 2 is 1.89 bits per heavy atom. The van der Waals surface area contributed by atoms with Crippen molar-refractivity contribution < 1.29 is 23.9 Å². The van der Waals surface area contributed by atoms with Crippen LogP contribution >= 0.6 is 11.6 Å². The van der Waals surface area contributed by atoms with Crippen molar-refractivity contribution in [1.82, 2.24) is 4.98 Å². The van der Waals surface area contributed by atoms with Gasteiger partial charge in [0.25, 0.3) is 0 Å².